The third-order valence-corrected chi connectivity index (χ3v) is 3.05. The summed E-state index contributed by atoms with van der Waals surface area (Å²) in [6.07, 6.45) is 0. The Morgan fingerprint density at radius 2 is 2.06 bits per heavy atom. The highest BCUT2D eigenvalue weighted by Crippen LogP contribution is 2.24. The number of anilines is 1. The molecule has 0 amide bonds. The number of benzene rings is 1. The van der Waals surface area contributed by atoms with Crippen molar-refractivity contribution in [1.29, 1.82) is 0 Å². The van der Waals surface area contributed by atoms with Crippen LogP contribution in [0.3, 0.4) is 0 Å². The molecule has 1 rings (SSSR count). The molecule has 0 fully saturated rings. The lowest BCUT2D eigenvalue weighted by atomic mass is 10.1. The Morgan fingerprint density at radius 3 is 2.50 bits per heavy atom. The molecular weight excluding hydrogens is 220 g/mol. The van der Waals surface area contributed by atoms with Gasteiger partial charge in [0.1, 0.15) is 0 Å². The molecule has 0 radical (unpaired) electrons. The van der Waals surface area contributed by atoms with Crippen LogP contribution >= 0.6 is 11.6 Å². The Morgan fingerprint density at radius 1 is 1.38 bits per heavy atom. The van der Waals surface area contributed by atoms with Crippen LogP contribution in [-0.4, -0.2) is 19.6 Å². The summed E-state index contributed by atoms with van der Waals surface area (Å²) in [5.41, 5.74) is 2.34. The van der Waals surface area contributed by atoms with E-state index in [1.807, 2.05) is 7.05 Å². The average molecular weight is 241 g/mol. The van der Waals surface area contributed by atoms with Gasteiger partial charge in [-0.25, -0.2) is 0 Å². The summed E-state index contributed by atoms with van der Waals surface area (Å²) in [7, 11) is 1.93. The molecule has 0 heterocycles. The van der Waals surface area contributed by atoms with Crippen LogP contribution in [0.25, 0.3) is 0 Å². The van der Waals surface area contributed by atoms with Crippen LogP contribution in [0.5, 0.6) is 0 Å². The summed E-state index contributed by atoms with van der Waals surface area (Å²) >= 11 is 6.25. The predicted octanol–water partition coefficient (Wildman–Crippen LogP) is 3.29. The third-order valence-electron chi connectivity index (χ3n) is 2.70. The molecule has 1 aromatic carbocycles. The Balaban J connectivity index is 2.95. The summed E-state index contributed by atoms with van der Waals surface area (Å²) in [4.78, 5) is 2.33. The highest BCUT2D eigenvalue weighted by molar-refractivity contribution is 6.31. The fourth-order valence-corrected chi connectivity index (χ4v) is 2.14. The molecule has 0 spiro atoms. The molecule has 0 saturated carbocycles. The van der Waals surface area contributed by atoms with Crippen molar-refractivity contribution < 1.29 is 0 Å². The zero-order valence-corrected chi connectivity index (χ0v) is 11.3. The molecule has 0 saturated heterocycles. The van der Waals surface area contributed by atoms with Crippen LogP contribution < -0.4 is 10.2 Å². The predicted molar refractivity (Wildman–Crippen MR) is 72.4 cm³/mol. The number of hydrogen-bond acceptors (Lipinski definition) is 2. The molecule has 0 atom stereocenters. The summed E-state index contributed by atoms with van der Waals surface area (Å²) in [5, 5.41) is 3.95. The molecule has 0 aromatic heterocycles. The largest absolute Gasteiger partial charge is 0.369 e. The Bertz CT molecular complexity index is 337. The highest BCUT2D eigenvalue weighted by Gasteiger charge is 2.09. The molecule has 16 heavy (non-hydrogen) atoms. The minimum atomic E-state index is 0.496. The smallest absolute Gasteiger partial charge is 0.0471 e. The van der Waals surface area contributed by atoms with E-state index >= 15 is 0 Å². The molecule has 1 aromatic rings. The summed E-state index contributed by atoms with van der Waals surface area (Å²) in [6, 6.07) is 6.79. The van der Waals surface area contributed by atoms with Gasteiger partial charge in [-0.2, -0.15) is 0 Å². The number of hydrogen-bond donors (Lipinski definition) is 1. The van der Waals surface area contributed by atoms with E-state index in [1.54, 1.807) is 0 Å². The van der Waals surface area contributed by atoms with Gasteiger partial charge in [-0.15, -0.1) is 0 Å². The first-order valence-corrected chi connectivity index (χ1v) is 6.17. The van der Waals surface area contributed by atoms with Gasteiger partial charge in [-0.1, -0.05) is 17.7 Å². The lowest BCUT2D eigenvalue weighted by molar-refractivity contribution is 0.703. The first-order chi connectivity index (χ1) is 7.60. The van der Waals surface area contributed by atoms with Gasteiger partial charge in [0.15, 0.2) is 0 Å². The van der Waals surface area contributed by atoms with Crippen LogP contribution in [0, 0.1) is 0 Å². The molecule has 1 N–H and O–H groups in total. The van der Waals surface area contributed by atoms with E-state index in [1.165, 1.54) is 5.69 Å². The van der Waals surface area contributed by atoms with Crippen LogP contribution in [0.4, 0.5) is 5.69 Å². The van der Waals surface area contributed by atoms with Crippen molar-refractivity contribution in [2.75, 3.05) is 18.5 Å². The second-order valence-corrected chi connectivity index (χ2v) is 4.59. The molecule has 2 nitrogen and oxygen atoms in total. The van der Waals surface area contributed by atoms with E-state index in [4.69, 9.17) is 11.6 Å². The fourth-order valence-electron chi connectivity index (χ4n) is 1.89. The van der Waals surface area contributed by atoms with Gasteiger partial charge in [0.05, 0.1) is 0 Å². The monoisotopic (exact) mass is 240 g/mol. The Kier molecular flexibility index (Phi) is 5.10. The van der Waals surface area contributed by atoms with Crippen molar-refractivity contribution in [3.8, 4) is 0 Å². The number of rotatable bonds is 5. The standard InChI is InChI=1S/C13H21ClN2/c1-5-16(10(2)3)12-7-6-11(9-15-4)13(14)8-12/h6-8,10,15H,5,9H2,1-4H3. The van der Waals surface area contributed by atoms with Gasteiger partial charge in [0.25, 0.3) is 0 Å². The first-order valence-electron chi connectivity index (χ1n) is 5.79. The molecule has 3 heteroatoms. The van der Waals surface area contributed by atoms with Gasteiger partial charge in [0, 0.05) is 29.8 Å². The van der Waals surface area contributed by atoms with Crippen LogP contribution in [-0.2, 0) is 6.54 Å². The van der Waals surface area contributed by atoms with Crippen molar-refractivity contribution in [3.63, 3.8) is 0 Å². The van der Waals surface area contributed by atoms with E-state index in [0.717, 1.165) is 23.7 Å². The second kappa shape index (κ2) is 6.12. The topological polar surface area (TPSA) is 15.3 Å². The van der Waals surface area contributed by atoms with Crippen molar-refractivity contribution >= 4 is 17.3 Å². The lowest BCUT2D eigenvalue weighted by Gasteiger charge is -2.28. The quantitative estimate of drug-likeness (QED) is 0.850. The summed E-state index contributed by atoms with van der Waals surface area (Å²) < 4.78 is 0. The zero-order valence-electron chi connectivity index (χ0n) is 10.5. The molecule has 0 aliphatic rings. The molecule has 0 bridgehead atoms. The normalized spacial score (nSPS) is 10.9. The molecule has 0 aliphatic carbocycles. The maximum Gasteiger partial charge on any atom is 0.0471 e. The number of halogens is 1. The van der Waals surface area contributed by atoms with Crippen LogP contribution in [0.1, 0.15) is 26.3 Å². The van der Waals surface area contributed by atoms with Gasteiger partial charge in [0.2, 0.25) is 0 Å². The maximum absolute atomic E-state index is 6.25. The average Bonchev–Trinajstić information content (AvgIpc) is 2.22. The van der Waals surface area contributed by atoms with E-state index in [9.17, 15) is 0 Å². The Hall–Kier alpha value is -0.730. The Labute approximate surface area is 104 Å². The molecular formula is C13H21ClN2. The van der Waals surface area contributed by atoms with Crippen LogP contribution in [0.15, 0.2) is 18.2 Å². The van der Waals surface area contributed by atoms with Crippen molar-refractivity contribution in [3.05, 3.63) is 28.8 Å². The van der Waals surface area contributed by atoms with E-state index in [-0.39, 0.29) is 0 Å². The minimum Gasteiger partial charge on any atom is -0.369 e. The summed E-state index contributed by atoms with van der Waals surface area (Å²) in [5.74, 6) is 0. The van der Waals surface area contributed by atoms with E-state index < -0.39 is 0 Å². The number of nitrogens with zero attached hydrogens (tertiary/aromatic N) is 1. The summed E-state index contributed by atoms with van der Waals surface area (Å²) in [6.45, 7) is 8.36. The molecule has 90 valence electrons. The minimum absolute atomic E-state index is 0.496. The van der Waals surface area contributed by atoms with Crippen LogP contribution in [0.2, 0.25) is 5.02 Å². The third kappa shape index (κ3) is 3.13. The second-order valence-electron chi connectivity index (χ2n) is 4.19. The van der Waals surface area contributed by atoms with Gasteiger partial charge < -0.3 is 10.2 Å². The zero-order chi connectivity index (χ0) is 12.1. The number of nitrogens with one attached hydrogen (secondary N) is 1. The lowest BCUT2D eigenvalue weighted by Crippen LogP contribution is -2.30. The first kappa shape index (κ1) is 13.3. The fraction of sp³-hybridized carbons (Fsp3) is 0.538. The molecule has 0 unspecified atom stereocenters. The van der Waals surface area contributed by atoms with Crippen molar-refractivity contribution in [1.82, 2.24) is 5.32 Å². The highest BCUT2D eigenvalue weighted by atomic mass is 35.5. The molecule has 0 aliphatic heterocycles. The van der Waals surface area contributed by atoms with Crippen molar-refractivity contribution in [2.45, 2.75) is 33.4 Å². The van der Waals surface area contributed by atoms with Gasteiger partial charge in [-0.05, 0) is 45.5 Å². The van der Waals surface area contributed by atoms with Crippen molar-refractivity contribution in [2.24, 2.45) is 0 Å². The van der Waals surface area contributed by atoms with E-state index in [2.05, 4.69) is 49.2 Å². The van der Waals surface area contributed by atoms with Gasteiger partial charge >= 0.3 is 0 Å². The van der Waals surface area contributed by atoms with Gasteiger partial charge in [-0.3, -0.25) is 0 Å². The van der Waals surface area contributed by atoms with E-state index in [0.29, 0.717) is 6.04 Å². The SMILES string of the molecule is CCN(c1ccc(CNC)c(Cl)c1)C(C)C. The maximum atomic E-state index is 6.25.